The summed E-state index contributed by atoms with van der Waals surface area (Å²) < 4.78 is 4.77. The van der Waals surface area contributed by atoms with Crippen LogP contribution >= 0.6 is 22.9 Å². The van der Waals surface area contributed by atoms with Gasteiger partial charge in [0.15, 0.2) is 6.04 Å². The van der Waals surface area contributed by atoms with Crippen molar-refractivity contribution in [2.45, 2.75) is 6.04 Å². The molecule has 0 aliphatic rings. The second kappa shape index (κ2) is 5.84. The van der Waals surface area contributed by atoms with Crippen LogP contribution in [0.4, 0.5) is 5.69 Å². The normalized spacial score (nSPS) is 11.9. The van der Waals surface area contributed by atoms with E-state index in [0.29, 0.717) is 16.4 Å². The number of halogens is 1. The van der Waals surface area contributed by atoms with E-state index >= 15 is 0 Å². The number of hydrogen-bond donors (Lipinski definition) is 1. The van der Waals surface area contributed by atoms with Crippen molar-refractivity contribution in [2.75, 3.05) is 12.4 Å². The average molecular weight is 283 g/mol. The third kappa shape index (κ3) is 2.80. The van der Waals surface area contributed by atoms with Gasteiger partial charge in [0.1, 0.15) is 0 Å². The minimum atomic E-state index is -0.652. The van der Waals surface area contributed by atoms with Gasteiger partial charge in [-0.05, 0) is 12.1 Å². The SMILES string of the molecule is COC(=O)C(Nc1ccccc1Cl)c1cscn1. The molecule has 2 aromatic rings. The van der Waals surface area contributed by atoms with Crippen molar-refractivity contribution in [3.63, 3.8) is 0 Å². The molecule has 1 atom stereocenters. The van der Waals surface area contributed by atoms with Crippen molar-refractivity contribution in [2.24, 2.45) is 0 Å². The number of para-hydroxylation sites is 1. The third-order valence-corrected chi connectivity index (χ3v) is 3.29. The average Bonchev–Trinajstić information content (AvgIpc) is 2.90. The van der Waals surface area contributed by atoms with Gasteiger partial charge in [0, 0.05) is 5.38 Å². The number of thiazole rings is 1. The fourth-order valence-corrected chi connectivity index (χ4v) is 2.24. The molecule has 0 radical (unpaired) electrons. The minimum Gasteiger partial charge on any atom is -0.467 e. The molecule has 1 aromatic carbocycles. The molecule has 0 saturated carbocycles. The van der Waals surface area contributed by atoms with Crippen LogP contribution in [-0.4, -0.2) is 18.1 Å². The first kappa shape index (κ1) is 12.9. The molecule has 0 saturated heterocycles. The lowest BCUT2D eigenvalue weighted by Gasteiger charge is -2.16. The molecule has 1 heterocycles. The first-order chi connectivity index (χ1) is 8.72. The first-order valence-electron chi connectivity index (χ1n) is 5.19. The van der Waals surface area contributed by atoms with Crippen LogP contribution in [0.25, 0.3) is 0 Å². The number of nitrogens with one attached hydrogen (secondary N) is 1. The summed E-state index contributed by atoms with van der Waals surface area (Å²) in [5.74, 6) is -0.402. The Kier molecular flexibility index (Phi) is 4.17. The summed E-state index contributed by atoms with van der Waals surface area (Å²) in [5.41, 5.74) is 2.95. The van der Waals surface area contributed by atoms with Crippen LogP contribution in [0, 0.1) is 0 Å². The highest BCUT2D eigenvalue weighted by atomic mass is 35.5. The van der Waals surface area contributed by atoms with E-state index in [1.165, 1.54) is 18.4 Å². The highest BCUT2D eigenvalue weighted by Crippen LogP contribution is 2.26. The smallest absolute Gasteiger partial charge is 0.334 e. The van der Waals surface area contributed by atoms with Crippen molar-refractivity contribution in [1.82, 2.24) is 4.98 Å². The van der Waals surface area contributed by atoms with Crippen molar-refractivity contribution in [1.29, 1.82) is 0 Å². The van der Waals surface area contributed by atoms with Crippen molar-refractivity contribution >= 4 is 34.6 Å². The molecule has 6 heteroatoms. The van der Waals surface area contributed by atoms with Gasteiger partial charge in [-0.25, -0.2) is 9.78 Å². The van der Waals surface area contributed by atoms with E-state index < -0.39 is 12.0 Å². The number of methoxy groups -OCH3 is 1. The number of nitrogens with zero attached hydrogens (tertiary/aromatic N) is 1. The van der Waals surface area contributed by atoms with Crippen LogP contribution in [-0.2, 0) is 9.53 Å². The fourth-order valence-electron chi connectivity index (χ4n) is 1.47. The van der Waals surface area contributed by atoms with Crippen LogP contribution < -0.4 is 5.32 Å². The number of carbonyl (C=O) groups is 1. The van der Waals surface area contributed by atoms with Gasteiger partial charge in [-0.2, -0.15) is 0 Å². The summed E-state index contributed by atoms with van der Waals surface area (Å²) in [6.45, 7) is 0. The van der Waals surface area contributed by atoms with E-state index in [0.717, 1.165) is 0 Å². The van der Waals surface area contributed by atoms with Gasteiger partial charge in [-0.15, -0.1) is 11.3 Å². The Morgan fingerprint density at radius 2 is 2.28 bits per heavy atom. The van der Waals surface area contributed by atoms with Crippen LogP contribution in [0.5, 0.6) is 0 Å². The lowest BCUT2D eigenvalue weighted by atomic mass is 10.2. The molecular weight excluding hydrogens is 272 g/mol. The highest BCUT2D eigenvalue weighted by molar-refractivity contribution is 7.07. The molecule has 18 heavy (non-hydrogen) atoms. The van der Waals surface area contributed by atoms with Gasteiger partial charge in [0.25, 0.3) is 0 Å². The number of hydrogen-bond acceptors (Lipinski definition) is 5. The Morgan fingerprint density at radius 3 is 2.89 bits per heavy atom. The van der Waals surface area contributed by atoms with E-state index in [1.54, 1.807) is 23.0 Å². The summed E-state index contributed by atoms with van der Waals surface area (Å²) in [7, 11) is 1.34. The summed E-state index contributed by atoms with van der Waals surface area (Å²) in [6.07, 6.45) is 0. The Hall–Kier alpha value is -1.59. The van der Waals surface area contributed by atoms with E-state index in [1.807, 2.05) is 12.1 Å². The van der Waals surface area contributed by atoms with Crippen molar-refractivity contribution < 1.29 is 9.53 Å². The van der Waals surface area contributed by atoms with Gasteiger partial charge in [0.05, 0.1) is 29.0 Å². The molecule has 0 fully saturated rings. The van der Waals surface area contributed by atoms with Gasteiger partial charge < -0.3 is 10.1 Å². The maximum atomic E-state index is 11.8. The number of benzene rings is 1. The van der Waals surface area contributed by atoms with Gasteiger partial charge in [0.2, 0.25) is 0 Å². The number of ether oxygens (including phenoxy) is 1. The monoisotopic (exact) mass is 282 g/mol. The molecule has 0 spiro atoms. The topological polar surface area (TPSA) is 51.2 Å². The van der Waals surface area contributed by atoms with E-state index in [2.05, 4.69) is 10.3 Å². The van der Waals surface area contributed by atoms with Gasteiger partial charge >= 0.3 is 5.97 Å². The first-order valence-corrected chi connectivity index (χ1v) is 6.51. The van der Waals surface area contributed by atoms with Crippen LogP contribution in [0.1, 0.15) is 11.7 Å². The zero-order valence-corrected chi connectivity index (χ0v) is 11.2. The molecule has 1 N–H and O–H groups in total. The van der Waals surface area contributed by atoms with Gasteiger partial charge in [-0.1, -0.05) is 23.7 Å². The predicted molar refractivity (Wildman–Crippen MR) is 71.9 cm³/mol. The molecule has 0 amide bonds. The van der Waals surface area contributed by atoms with Crippen LogP contribution in [0.3, 0.4) is 0 Å². The molecule has 1 unspecified atom stereocenters. The number of anilines is 1. The Morgan fingerprint density at radius 1 is 1.50 bits per heavy atom. The highest BCUT2D eigenvalue weighted by Gasteiger charge is 2.23. The molecular formula is C12H11ClN2O2S. The largest absolute Gasteiger partial charge is 0.467 e. The summed E-state index contributed by atoms with van der Waals surface area (Å²) in [4.78, 5) is 15.9. The third-order valence-electron chi connectivity index (χ3n) is 2.36. The standard InChI is InChI=1S/C12H11ClN2O2S/c1-17-12(16)11(10-6-18-7-14-10)15-9-5-3-2-4-8(9)13/h2-7,11,15H,1H3. The molecule has 94 valence electrons. The lowest BCUT2D eigenvalue weighted by molar-refractivity contribution is -0.141. The molecule has 4 nitrogen and oxygen atoms in total. The van der Waals surface area contributed by atoms with Crippen molar-refractivity contribution in [3.8, 4) is 0 Å². The second-order valence-electron chi connectivity index (χ2n) is 3.49. The predicted octanol–water partition coefficient (Wildman–Crippen LogP) is 3.12. The Balaban J connectivity index is 2.26. The number of carbonyl (C=O) groups excluding carboxylic acids is 1. The summed E-state index contributed by atoms with van der Waals surface area (Å²) in [5, 5.41) is 5.38. The van der Waals surface area contributed by atoms with Gasteiger partial charge in [-0.3, -0.25) is 0 Å². The van der Waals surface area contributed by atoms with E-state index in [9.17, 15) is 4.79 Å². The summed E-state index contributed by atoms with van der Waals surface area (Å²) in [6, 6.07) is 6.55. The number of esters is 1. The molecule has 1 aromatic heterocycles. The number of rotatable bonds is 4. The van der Waals surface area contributed by atoms with E-state index in [-0.39, 0.29) is 0 Å². The number of aromatic nitrogens is 1. The maximum Gasteiger partial charge on any atom is 0.334 e. The molecule has 0 aliphatic carbocycles. The van der Waals surface area contributed by atoms with Crippen molar-refractivity contribution in [3.05, 3.63) is 45.9 Å². The Bertz CT molecular complexity index is 531. The lowest BCUT2D eigenvalue weighted by Crippen LogP contribution is -2.22. The maximum absolute atomic E-state index is 11.8. The summed E-state index contributed by atoms with van der Waals surface area (Å²) >= 11 is 7.46. The Labute approximate surface area is 114 Å². The van der Waals surface area contributed by atoms with Crippen LogP contribution in [0.2, 0.25) is 5.02 Å². The zero-order valence-electron chi connectivity index (χ0n) is 9.59. The quantitative estimate of drug-likeness (QED) is 0.876. The van der Waals surface area contributed by atoms with E-state index in [4.69, 9.17) is 16.3 Å². The molecule has 0 aliphatic heterocycles. The zero-order chi connectivity index (χ0) is 13.0. The second-order valence-corrected chi connectivity index (χ2v) is 4.62. The fraction of sp³-hybridized carbons (Fsp3) is 0.167. The van der Waals surface area contributed by atoms with Crippen LogP contribution in [0.15, 0.2) is 35.2 Å². The molecule has 0 bridgehead atoms. The minimum absolute atomic E-state index is 0.402. The molecule has 2 rings (SSSR count).